The number of hydrogen-bond donors (Lipinski definition) is 0. The Morgan fingerprint density at radius 2 is 2.18 bits per heavy atom. The van der Waals surface area contributed by atoms with Gasteiger partial charge in [0, 0.05) is 14.1 Å². The van der Waals surface area contributed by atoms with Gasteiger partial charge >= 0.3 is 0 Å². The van der Waals surface area contributed by atoms with E-state index in [0.717, 1.165) is 5.56 Å². The predicted octanol–water partition coefficient (Wildman–Crippen LogP) is 1.29. The van der Waals surface area contributed by atoms with E-state index in [1.54, 1.807) is 26.4 Å². The van der Waals surface area contributed by atoms with Gasteiger partial charge in [0.1, 0.15) is 0 Å². The molecule has 3 nitrogen and oxygen atoms in total. The third-order valence-electron chi connectivity index (χ3n) is 1.35. The second-order valence-corrected chi connectivity index (χ2v) is 2.69. The molecule has 0 aliphatic rings. The minimum Gasteiger partial charge on any atom is -0.459 e. The van der Waals surface area contributed by atoms with E-state index in [2.05, 4.69) is 0 Å². The number of aryl methyl sites for hydroxylation is 1. The van der Waals surface area contributed by atoms with Gasteiger partial charge in [-0.15, -0.1) is 0 Å². The lowest BCUT2D eigenvalue weighted by atomic mass is 10.3. The number of carbonyl (C=O) groups is 1. The van der Waals surface area contributed by atoms with Gasteiger partial charge in [0.15, 0.2) is 5.76 Å². The quantitative estimate of drug-likeness (QED) is 0.609. The smallest absolute Gasteiger partial charge is 0.289 e. The monoisotopic (exact) mass is 153 g/mol. The Bertz CT molecular complexity index is 263. The summed E-state index contributed by atoms with van der Waals surface area (Å²) in [5, 5.41) is 0. The van der Waals surface area contributed by atoms with E-state index in [-0.39, 0.29) is 5.91 Å². The van der Waals surface area contributed by atoms with Crippen molar-refractivity contribution in [1.29, 1.82) is 0 Å². The summed E-state index contributed by atoms with van der Waals surface area (Å²) in [5.74, 6) is 0.297. The van der Waals surface area contributed by atoms with Crippen LogP contribution < -0.4 is 0 Å². The number of rotatable bonds is 1. The zero-order chi connectivity index (χ0) is 8.43. The first-order valence-electron chi connectivity index (χ1n) is 3.38. The Kier molecular flexibility index (Phi) is 1.98. The van der Waals surface area contributed by atoms with Crippen LogP contribution in [0.1, 0.15) is 16.1 Å². The first kappa shape index (κ1) is 7.85. The molecule has 1 aromatic heterocycles. The highest BCUT2D eigenvalue weighted by molar-refractivity contribution is 5.91. The molecule has 0 radical (unpaired) electrons. The lowest BCUT2D eigenvalue weighted by molar-refractivity contribution is 0.0797. The van der Waals surface area contributed by atoms with E-state index < -0.39 is 0 Å². The van der Waals surface area contributed by atoms with Crippen molar-refractivity contribution in [2.75, 3.05) is 14.1 Å². The number of amides is 1. The van der Waals surface area contributed by atoms with E-state index in [1.165, 1.54) is 4.90 Å². The molecule has 0 aliphatic carbocycles. The maximum absolute atomic E-state index is 11.2. The normalized spacial score (nSPS) is 9.73. The zero-order valence-corrected chi connectivity index (χ0v) is 6.92. The number of hydrogen-bond acceptors (Lipinski definition) is 2. The summed E-state index contributed by atoms with van der Waals surface area (Å²) in [5.41, 5.74) is 0.968. The molecular weight excluding hydrogens is 142 g/mol. The molecule has 0 atom stereocenters. The third-order valence-corrected chi connectivity index (χ3v) is 1.35. The molecule has 0 N–H and O–H groups in total. The fourth-order valence-electron chi connectivity index (χ4n) is 0.764. The maximum atomic E-state index is 11.2. The highest BCUT2D eigenvalue weighted by atomic mass is 16.3. The SMILES string of the molecule is Cc1coc(C(=O)N(C)C)c1. The Hall–Kier alpha value is -1.25. The second-order valence-electron chi connectivity index (χ2n) is 2.69. The molecule has 1 heterocycles. The summed E-state index contributed by atoms with van der Waals surface area (Å²) in [6.45, 7) is 1.88. The summed E-state index contributed by atoms with van der Waals surface area (Å²) in [6, 6.07) is 1.72. The molecule has 0 saturated carbocycles. The Morgan fingerprint density at radius 1 is 1.55 bits per heavy atom. The van der Waals surface area contributed by atoms with E-state index >= 15 is 0 Å². The minimum atomic E-state index is -0.0990. The van der Waals surface area contributed by atoms with Crippen LogP contribution in [0.3, 0.4) is 0 Å². The summed E-state index contributed by atoms with van der Waals surface area (Å²) in [4.78, 5) is 12.7. The van der Waals surface area contributed by atoms with Gasteiger partial charge in [0.25, 0.3) is 5.91 Å². The molecule has 0 saturated heterocycles. The molecule has 60 valence electrons. The van der Waals surface area contributed by atoms with Gasteiger partial charge in [0.2, 0.25) is 0 Å². The maximum Gasteiger partial charge on any atom is 0.289 e. The molecule has 0 aliphatic heterocycles. The summed E-state index contributed by atoms with van der Waals surface area (Å²) in [6.07, 6.45) is 1.57. The van der Waals surface area contributed by atoms with Crippen molar-refractivity contribution in [2.24, 2.45) is 0 Å². The van der Waals surface area contributed by atoms with Gasteiger partial charge in [-0.2, -0.15) is 0 Å². The lowest BCUT2D eigenvalue weighted by Crippen LogP contribution is -2.20. The highest BCUT2D eigenvalue weighted by Gasteiger charge is 2.10. The topological polar surface area (TPSA) is 33.5 Å². The number of furan rings is 1. The van der Waals surface area contributed by atoms with Gasteiger partial charge in [-0.05, 0) is 18.6 Å². The van der Waals surface area contributed by atoms with Crippen molar-refractivity contribution in [3.8, 4) is 0 Å². The summed E-state index contributed by atoms with van der Waals surface area (Å²) >= 11 is 0. The van der Waals surface area contributed by atoms with Gasteiger partial charge in [-0.1, -0.05) is 0 Å². The van der Waals surface area contributed by atoms with Crippen LogP contribution in [0.25, 0.3) is 0 Å². The number of nitrogens with zero attached hydrogens (tertiary/aromatic N) is 1. The average Bonchev–Trinajstić information content (AvgIpc) is 2.34. The van der Waals surface area contributed by atoms with Crippen LogP contribution in [0.15, 0.2) is 16.7 Å². The van der Waals surface area contributed by atoms with Crippen molar-refractivity contribution in [3.63, 3.8) is 0 Å². The Morgan fingerprint density at radius 3 is 2.55 bits per heavy atom. The van der Waals surface area contributed by atoms with Crippen LogP contribution in [0.5, 0.6) is 0 Å². The molecule has 1 rings (SSSR count). The van der Waals surface area contributed by atoms with E-state index in [0.29, 0.717) is 5.76 Å². The van der Waals surface area contributed by atoms with Crippen LogP contribution in [0.2, 0.25) is 0 Å². The van der Waals surface area contributed by atoms with Crippen molar-refractivity contribution >= 4 is 5.91 Å². The third kappa shape index (κ3) is 1.61. The molecule has 1 aromatic rings. The van der Waals surface area contributed by atoms with E-state index in [4.69, 9.17) is 4.42 Å². The predicted molar refractivity (Wildman–Crippen MR) is 41.5 cm³/mol. The highest BCUT2D eigenvalue weighted by Crippen LogP contribution is 2.07. The molecule has 11 heavy (non-hydrogen) atoms. The molecule has 0 fully saturated rings. The largest absolute Gasteiger partial charge is 0.459 e. The average molecular weight is 153 g/mol. The lowest BCUT2D eigenvalue weighted by Gasteiger charge is -2.05. The van der Waals surface area contributed by atoms with Crippen LogP contribution in [-0.2, 0) is 0 Å². The summed E-state index contributed by atoms with van der Waals surface area (Å²) < 4.78 is 5.00. The molecule has 0 unspecified atom stereocenters. The first-order valence-corrected chi connectivity index (χ1v) is 3.38. The van der Waals surface area contributed by atoms with Crippen molar-refractivity contribution in [2.45, 2.75) is 6.92 Å². The molecular formula is C8H11NO2. The standard InChI is InChI=1S/C8H11NO2/c1-6-4-7(11-5-6)8(10)9(2)3/h4-5H,1-3H3. The molecule has 1 amide bonds. The van der Waals surface area contributed by atoms with Gasteiger partial charge in [0.05, 0.1) is 6.26 Å². The van der Waals surface area contributed by atoms with Crippen molar-refractivity contribution in [1.82, 2.24) is 4.90 Å². The zero-order valence-electron chi connectivity index (χ0n) is 6.92. The molecule has 0 spiro atoms. The Balaban J connectivity index is 2.85. The molecule has 3 heteroatoms. The fourth-order valence-corrected chi connectivity index (χ4v) is 0.764. The van der Waals surface area contributed by atoms with Crippen molar-refractivity contribution in [3.05, 3.63) is 23.7 Å². The van der Waals surface area contributed by atoms with Crippen LogP contribution in [-0.4, -0.2) is 24.9 Å². The fraction of sp³-hybridized carbons (Fsp3) is 0.375. The van der Waals surface area contributed by atoms with Crippen LogP contribution >= 0.6 is 0 Å². The van der Waals surface area contributed by atoms with Gasteiger partial charge in [-0.3, -0.25) is 4.79 Å². The molecule has 0 aromatic carbocycles. The van der Waals surface area contributed by atoms with Crippen molar-refractivity contribution < 1.29 is 9.21 Å². The first-order chi connectivity index (χ1) is 5.11. The Labute approximate surface area is 65.6 Å². The van der Waals surface area contributed by atoms with Crippen LogP contribution in [0, 0.1) is 6.92 Å². The molecule has 0 bridgehead atoms. The second kappa shape index (κ2) is 2.78. The van der Waals surface area contributed by atoms with Crippen LogP contribution in [0.4, 0.5) is 0 Å². The van der Waals surface area contributed by atoms with E-state index in [9.17, 15) is 4.79 Å². The number of carbonyl (C=O) groups excluding carboxylic acids is 1. The van der Waals surface area contributed by atoms with Gasteiger partial charge < -0.3 is 9.32 Å². The summed E-state index contributed by atoms with van der Waals surface area (Å²) in [7, 11) is 3.39. The minimum absolute atomic E-state index is 0.0990. The van der Waals surface area contributed by atoms with E-state index in [1.807, 2.05) is 6.92 Å². The van der Waals surface area contributed by atoms with Gasteiger partial charge in [-0.25, -0.2) is 0 Å².